The summed E-state index contributed by atoms with van der Waals surface area (Å²) in [5.74, 6) is 1.43. The third-order valence-corrected chi connectivity index (χ3v) is 7.55. The van der Waals surface area contributed by atoms with Crippen LogP contribution in [0.25, 0.3) is 0 Å². The first kappa shape index (κ1) is 29.8. The van der Waals surface area contributed by atoms with Gasteiger partial charge in [-0.1, -0.05) is 43.3 Å². The molecule has 8 nitrogen and oxygen atoms in total. The lowest BCUT2D eigenvalue weighted by Crippen LogP contribution is -2.48. The number of para-hydroxylation sites is 2. The van der Waals surface area contributed by atoms with E-state index in [-0.39, 0.29) is 29.9 Å². The molecular weight excluding hydrogens is 540 g/mol. The minimum Gasteiger partial charge on any atom is -0.487 e. The van der Waals surface area contributed by atoms with Crippen molar-refractivity contribution in [3.63, 3.8) is 0 Å². The molecule has 2 heterocycles. The number of ether oxygens (including phenoxy) is 2. The maximum Gasteiger partial charge on any atom is 0.259 e. The number of pyridine rings is 1. The van der Waals surface area contributed by atoms with Gasteiger partial charge in [0, 0.05) is 49.7 Å². The topological polar surface area (TPSA) is 84.0 Å². The van der Waals surface area contributed by atoms with Gasteiger partial charge < -0.3 is 19.7 Å². The second kappa shape index (κ2) is 13.5. The number of carbonyl (C=O) groups excluding carboxylic acids is 2. The molecule has 1 aliphatic heterocycles. The molecule has 0 fully saturated rings. The molecule has 1 aromatic heterocycles. The Kier molecular flexibility index (Phi) is 9.37. The van der Waals surface area contributed by atoms with Gasteiger partial charge in [-0.2, -0.15) is 0 Å². The van der Waals surface area contributed by atoms with Crippen molar-refractivity contribution in [2.45, 2.75) is 39.5 Å². The Morgan fingerprint density at radius 1 is 1.00 bits per heavy atom. The van der Waals surface area contributed by atoms with Gasteiger partial charge in [0.1, 0.15) is 23.4 Å². The van der Waals surface area contributed by atoms with Gasteiger partial charge in [-0.15, -0.1) is 0 Å². The number of aromatic nitrogens is 1. The first-order valence-electron chi connectivity index (χ1n) is 14.6. The van der Waals surface area contributed by atoms with Crippen LogP contribution in [0.3, 0.4) is 0 Å². The van der Waals surface area contributed by atoms with Crippen molar-refractivity contribution >= 4 is 17.5 Å². The van der Waals surface area contributed by atoms with Gasteiger partial charge in [0.25, 0.3) is 11.8 Å². The monoisotopic (exact) mass is 578 g/mol. The van der Waals surface area contributed by atoms with E-state index < -0.39 is 0 Å². The zero-order valence-electron chi connectivity index (χ0n) is 25.1. The molecule has 0 saturated heterocycles. The Bertz CT molecular complexity index is 1530. The van der Waals surface area contributed by atoms with E-state index >= 15 is 0 Å². The predicted octanol–water partition coefficient (Wildman–Crippen LogP) is 6.51. The lowest BCUT2D eigenvalue weighted by atomic mass is 9.98. The molecule has 0 aliphatic carbocycles. The average Bonchev–Trinajstić information content (AvgIpc) is 3.00. The summed E-state index contributed by atoms with van der Waals surface area (Å²) in [6.45, 7) is 7.97. The predicted molar refractivity (Wildman–Crippen MR) is 168 cm³/mol. The minimum absolute atomic E-state index is 0.00907. The first-order valence-corrected chi connectivity index (χ1v) is 14.6. The van der Waals surface area contributed by atoms with Crippen molar-refractivity contribution in [1.29, 1.82) is 0 Å². The van der Waals surface area contributed by atoms with E-state index in [2.05, 4.69) is 41.3 Å². The van der Waals surface area contributed by atoms with Gasteiger partial charge in [0.2, 0.25) is 0 Å². The first-order chi connectivity index (χ1) is 20.8. The Balaban J connectivity index is 1.36. The zero-order valence-corrected chi connectivity index (χ0v) is 25.1. The molecule has 0 bridgehead atoms. The van der Waals surface area contributed by atoms with Crippen molar-refractivity contribution in [3.05, 3.63) is 114 Å². The Morgan fingerprint density at radius 3 is 2.40 bits per heavy atom. The number of nitrogens with zero attached hydrogens (tertiary/aromatic N) is 3. The van der Waals surface area contributed by atoms with Gasteiger partial charge in [-0.25, -0.2) is 0 Å². The minimum atomic E-state index is -0.343. The van der Waals surface area contributed by atoms with E-state index in [0.29, 0.717) is 42.2 Å². The van der Waals surface area contributed by atoms with Crippen LogP contribution in [0.4, 0.5) is 5.69 Å². The highest BCUT2D eigenvalue weighted by Gasteiger charge is 2.34. The molecule has 1 N–H and O–H groups in total. The van der Waals surface area contributed by atoms with Crippen LogP contribution in [0.15, 0.2) is 97.3 Å². The third kappa shape index (κ3) is 7.40. The van der Waals surface area contributed by atoms with E-state index in [1.165, 1.54) is 0 Å². The van der Waals surface area contributed by atoms with Crippen molar-refractivity contribution in [2.24, 2.45) is 5.92 Å². The summed E-state index contributed by atoms with van der Waals surface area (Å²) in [7, 11) is 2.05. The molecule has 0 radical (unpaired) electrons. The van der Waals surface area contributed by atoms with E-state index in [0.717, 1.165) is 17.1 Å². The lowest BCUT2D eigenvalue weighted by molar-refractivity contribution is 0.0427. The number of benzene rings is 3. The highest BCUT2D eigenvalue weighted by molar-refractivity contribution is 6.09. The number of anilines is 1. The number of rotatable bonds is 9. The van der Waals surface area contributed by atoms with E-state index in [9.17, 15) is 9.59 Å². The number of amides is 2. The Hall–Kier alpha value is -4.69. The number of nitrogens with one attached hydrogen (secondary N) is 1. The number of hydrogen-bond acceptors (Lipinski definition) is 6. The van der Waals surface area contributed by atoms with Gasteiger partial charge >= 0.3 is 0 Å². The summed E-state index contributed by atoms with van der Waals surface area (Å²) in [4.78, 5) is 35.2. The zero-order chi connectivity index (χ0) is 30.3. The van der Waals surface area contributed by atoms with Gasteiger partial charge in [0.05, 0.1) is 11.1 Å². The molecule has 4 aromatic rings. The molecule has 3 aromatic carbocycles. The summed E-state index contributed by atoms with van der Waals surface area (Å²) in [5, 5.41) is 2.91. The van der Waals surface area contributed by atoms with Crippen LogP contribution in [0.5, 0.6) is 17.2 Å². The maximum absolute atomic E-state index is 13.7. The molecule has 2 atom stereocenters. The Labute approximate surface area is 253 Å². The van der Waals surface area contributed by atoms with Gasteiger partial charge in [0.15, 0.2) is 0 Å². The standard InChI is InChI=1S/C35H38N4O4/c1-24(2)39-21-25(3)32(23-38(4)22-26-13-15-29(16-14-26)42-28-9-6-5-7-10-28)43-33-30(11-8-12-31(33)35(39)41)34(40)37-27-17-19-36-20-18-27/h5-20,24-25,32H,21-23H2,1-4H3,(H,36,37,40)/t25-,32+/m0/s1. The highest BCUT2D eigenvalue weighted by Crippen LogP contribution is 2.32. The fourth-order valence-electron chi connectivity index (χ4n) is 5.21. The molecule has 2 amide bonds. The molecular formula is C35H38N4O4. The molecule has 43 heavy (non-hydrogen) atoms. The van der Waals surface area contributed by atoms with Crippen molar-refractivity contribution in [1.82, 2.24) is 14.8 Å². The summed E-state index contributed by atoms with van der Waals surface area (Å²) >= 11 is 0. The quantitative estimate of drug-likeness (QED) is 0.244. The van der Waals surface area contributed by atoms with Crippen molar-refractivity contribution < 1.29 is 19.1 Å². The van der Waals surface area contributed by atoms with Crippen LogP contribution in [0.1, 0.15) is 47.1 Å². The molecule has 8 heteroatoms. The number of hydrogen-bond donors (Lipinski definition) is 1. The molecule has 0 spiro atoms. The average molecular weight is 579 g/mol. The lowest BCUT2D eigenvalue weighted by Gasteiger charge is -2.38. The second-order valence-electron chi connectivity index (χ2n) is 11.3. The van der Waals surface area contributed by atoms with E-state index in [1.807, 2.05) is 61.2 Å². The maximum atomic E-state index is 13.7. The second-order valence-corrected chi connectivity index (χ2v) is 11.3. The summed E-state index contributed by atoms with van der Waals surface area (Å²) in [6.07, 6.45) is 2.96. The molecule has 0 saturated carbocycles. The fourth-order valence-corrected chi connectivity index (χ4v) is 5.21. The van der Waals surface area contributed by atoms with Gasteiger partial charge in [-0.05, 0) is 75.0 Å². The van der Waals surface area contributed by atoms with Crippen LogP contribution >= 0.6 is 0 Å². The summed E-state index contributed by atoms with van der Waals surface area (Å²) in [6, 6.07) is 26.4. The van der Waals surface area contributed by atoms with Crippen molar-refractivity contribution in [2.75, 3.05) is 25.5 Å². The normalized spacial score (nSPS) is 16.7. The van der Waals surface area contributed by atoms with Crippen LogP contribution in [0, 0.1) is 5.92 Å². The SMILES string of the molecule is CC(C)N1C[C@H](C)[C@@H](CN(C)Cc2ccc(Oc3ccccc3)cc2)Oc2c(C(=O)Nc3ccncc3)cccc2C1=O. The summed E-state index contributed by atoms with van der Waals surface area (Å²) in [5.41, 5.74) is 2.47. The smallest absolute Gasteiger partial charge is 0.259 e. The van der Waals surface area contributed by atoms with Crippen LogP contribution < -0.4 is 14.8 Å². The third-order valence-electron chi connectivity index (χ3n) is 7.55. The van der Waals surface area contributed by atoms with Crippen LogP contribution in [-0.2, 0) is 6.54 Å². The van der Waals surface area contributed by atoms with Gasteiger partial charge in [-0.3, -0.25) is 19.5 Å². The number of likely N-dealkylation sites (N-methyl/N-ethyl adjacent to an activating group) is 1. The number of fused-ring (bicyclic) bond motifs is 1. The molecule has 5 rings (SSSR count). The number of carbonyl (C=O) groups is 2. The van der Waals surface area contributed by atoms with Crippen LogP contribution in [-0.4, -0.2) is 58.9 Å². The van der Waals surface area contributed by atoms with Crippen LogP contribution in [0.2, 0.25) is 0 Å². The molecule has 222 valence electrons. The molecule has 0 unspecified atom stereocenters. The highest BCUT2D eigenvalue weighted by atomic mass is 16.5. The Morgan fingerprint density at radius 2 is 1.70 bits per heavy atom. The fraction of sp³-hybridized carbons (Fsp3) is 0.286. The van der Waals surface area contributed by atoms with E-state index in [4.69, 9.17) is 9.47 Å². The van der Waals surface area contributed by atoms with Crippen molar-refractivity contribution in [3.8, 4) is 17.2 Å². The van der Waals surface area contributed by atoms with E-state index in [1.54, 1.807) is 42.7 Å². The summed E-state index contributed by atoms with van der Waals surface area (Å²) < 4.78 is 12.6. The largest absolute Gasteiger partial charge is 0.487 e. The molecule has 1 aliphatic rings.